The highest BCUT2D eigenvalue weighted by Gasteiger charge is 2.24. The van der Waals surface area contributed by atoms with Gasteiger partial charge in [-0.2, -0.15) is 0 Å². The van der Waals surface area contributed by atoms with Gasteiger partial charge in [0.2, 0.25) is 11.8 Å². The van der Waals surface area contributed by atoms with Crippen LogP contribution in [0.2, 0.25) is 0 Å². The number of carbonyl (C=O) groups excluding carboxylic acids is 2. The maximum Gasteiger partial charge on any atom is 0.227 e. The SMILES string of the molecule is CC(=O)NC1CCCN(C(=O)Cc2cccs2)C1. The van der Waals surface area contributed by atoms with Crippen molar-refractivity contribution in [3.8, 4) is 0 Å². The third-order valence-electron chi connectivity index (χ3n) is 3.09. The predicted octanol–water partition coefficient (Wildman–Crippen LogP) is 1.42. The number of amides is 2. The van der Waals surface area contributed by atoms with Gasteiger partial charge >= 0.3 is 0 Å². The maximum absolute atomic E-state index is 12.1. The topological polar surface area (TPSA) is 49.4 Å². The van der Waals surface area contributed by atoms with E-state index in [1.807, 2.05) is 22.4 Å². The van der Waals surface area contributed by atoms with E-state index >= 15 is 0 Å². The molecule has 1 saturated heterocycles. The Bertz CT molecular complexity index is 417. The molecule has 0 bridgehead atoms. The number of carbonyl (C=O) groups is 2. The molecular weight excluding hydrogens is 248 g/mol. The monoisotopic (exact) mass is 266 g/mol. The first-order chi connectivity index (χ1) is 8.65. The van der Waals surface area contributed by atoms with Crippen molar-refractivity contribution in [2.75, 3.05) is 13.1 Å². The minimum absolute atomic E-state index is 0.0208. The average molecular weight is 266 g/mol. The van der Waals surface area contributed by atoms with E-state index in [1.54, 1.807) is 11.3 Å². The van der Waals surface area contributed by atoms with Crippen LogP contribution in [0.15, 0.2) is 17.5 Å². The van der Waals surface area contributed by atoms with Crippen LogP contribution in [0.5, 0.6) is 0 Å². The smallest absolute Gasteiger partial charge is 0.227 e. The molecule has 0 radical (unpaired) electrons. The molecule has 4 nitrogen and oxygen atoms in total. The molecule has 5 heteroatoms. The van der Waals surface area contributed by atoms with Gasteiger partial charge in [-0.25, -0.2) is 0 Å². The van der Waals surface area contributed by atoms with E-state index in [2.05, 4.69) is 5.32 Å². The third-order valence-corrected chi connectivity index (χ3v) is 3.96. The van der Waals surface area contributed by atoms with Crippen molar-refractivity contribution >= 4 is 23.2 Å². The predicted molar refractivity (Wildman–Crippen MR) is 71.4 cm³/mol. The van der Waals surface area contributed by atoms with Crippen LogP contribution in [0, 0.1) is 0 Å². The fraction of sp³-hybridized carbons (Fsp3) is 0.538. The Balaban J connectivity index is 1.88. The first-order valence-corrected chi connectivity index (χ1v) is 7.10. The van der Waals surface area contributed by atoms with Crippen LogP contribution in [-0.2, 0) is 16.0 Å². The molecule has 1 aromatic heterocycles. The number of likely N-dealkylation sites (tertiary alicyclic amines) is 1. The normalized spacial score (nSPS) is 19.6. The maximum atomic E-state index is 12.1. The lowest BCUT2D eigenvalue weighted by Gasteiger charge is -2.33. The Morgan fingerprint density at radius 2 is 2.39 bits per heavy atom. The third kappa shape index (κ3) is 3.57. The molecule has 18 heavy (non-hydrogen) atoms. The van der Waals surface area contributed by atoms with Gasteiger partial charge in [-0.3, -0.25) is 9.59 Å². The van der Waals surface area contributed by atoms with Gasteiger partial charge in [0.05, 0.1) is 6.42 Å². The molecule has 0 saturated carbocycles. The first-order valence-electron chi connectivity index (χ1n) is 6.22. The second-order valence-corrected chi connectivity index (χ2v) is 5.67. The van der Waals surface area contributed by atoms with Crippen molar-refractivity contribution in [1.82, 2.24) is 10.2 Å². The van der Waals surface area contributed by atoms with Gasteiger partial charge in [0, 0.05) is 30.9 Å². The van der Waals surface area contributed by atoms with Crippen LogP contribution >= 0.6 is 11.3 Å². The lowest BCUT2D eigenvalue weighted by atomic mass is 10.1. The standard InChI is InChI=1S/C13H18N2O2S/c1-10(16)14-11-4-2-6-15(9-11)13(17)8-12-5-3-7-18-12/h3,5,7,11H,2,4,6,8-9H2,1H3,(H,14,16). The number of nitrogens with zero attached hydrogens (tertiary/aromatic N) is 1. The highest BCUT2D eigenvalue weighted by atomic mass is 32.1. The zero-order chi connectivity index (χ0) is 13.0. The zero-order valence-electron chi connectivity index (χ0n) is 10.5. The highest BCUT2D eigenvalue weighted by molar-refractivity contribution is 7.10. The summed E-state index contributed by atoms with van der Waals surface area (Å²) in [5.41, 5.74) is 0. The minimum atomic E-state index is -0.0208. The summed E-state index contributed by atoms with van der Waals surface area (Å²) in [7, 11) is 0. The minimum Gasteiger partial charge on any atom is -0.352 e. The molecule has 2 rings (SSSR count). The Hall–Kier alpha value is -1.36. The lowest BCUT2D eigenvalue weighted by molar-refractivity contribution is -0.132. The van der Waals surface area contributed by atoms with Crippen molar-refractivity contribution in [2.24, 2.45) is 0 Å². The molecule has 98 valence electrons. The van der Waals surface area contributed by atoms with E-state index in [1.165, 1.54) is 6.92 Å². The van der Waals surface area contributed by atoms with Gasteiger partial charge in [-0.1, -0.05) is 6.07 Å². The second-order valence-electron chi connectivity index (χ2n) is 4.64. The molecule has 1 aliphatic rings. The molecule has 0 spiro atoms. The summed E-state index contributed by atoms with van der Waals surface area (Å²) in [4.78, 5) is 26.1. The fourth-order valence-electron chi connectivity index (χ4n) is 2.28. The molecule has 2 heterocycles. The summed E-state index contributed by atoms with van der Waals surface area (Å²) in [5.74, 6) is 0.139. The van der Waals surface area contributed by atoms with E-state index in [0.29, 0.717) is 13.0 Å². The number of rotatable bonds is 3. The molecule has 1 aromatic rings. The van der Waals surface area contributed by atoms with Crippen LogP contribution < -0.4 is 5.32 Å². The van der Waals surface area contributed by atoms with Crippen LogP contribution in [0.1, 0.15) is 24.6 Å². The Labute approximate surface area is 111 Å². The fourth-order valence-corrected chi connectivity index (χ4v) is 2.98. The number of nitrogens with one attached hydrogen (secondary N) is 1. The molecule has 1 N–H and O–H groups in total. The van der Waals surface area contributed by atoms with Gasteiger partial charge in [-0.15, -0.1) is 11.3 Å². The number of hydrogen-bond donors (Lipinski definition) is 1. The lowest BCUT2D eigenvalue weighted by Crippen LogP contribution is -2.49. The molecule has 2 amide bonds. The van der Waals surface area contributed by atoms with Crippen LogP contribution in [0.4, 0.5) is 0 Å². The van der Waals surface area contributed by atoms with E-state index in [9.17, 15) is 9.59 Å². The summed E-state index contributed by atoms with van der Waals surface area (Å²) in [5, 5.41) is 4.88. The highest BCUT2D eigenvalue weighted by Crippen LogP contribution is 2.14. The largest absolute Gasteiger partial charge is 0.352 e. The summed E-state index contributed by atoms with van der Waals surface area (Å²) >= 11 is 1.61. The van der Waals surface area contributed by atoms with Crippen LogP contribution in [-0.4, -0.2) is 35.8 Å². The number of thiophene rings is 1. The number of hydrogen-bond acceptors (Lipinski definition) is 3. The van der Waals surface area contributed by atoms with Crippen molar-refractivity contribution in [2.45, 2.75) is 32.2 Å². The van der Waals surface area contributed by atoms with E-state index < -0.39 is 0 Å². The quantitative estimate of drug-likeness (QED) is 0.899. The van der Waals surface area contributed by atoms with Crippen LogP contribution in [0.25, 0.3) is 0 Å². The Kier molecular flexibility index (Phi) is 4.36. The van der Waals surface area contributed by atoms with Gasteiger partial charge < -0.3 is 10.2 Å². The molecule has 1 aliphatic heterocycles. The van der Waals surface area contributed by atoms with Crippen molar-refractivity contribution in [1.29, 1.82) is 0 Å². The molecule has 1 unspecified atom stereocenters. The first kappa shape index (κ1) is 13.1. The molecule has 0 aromatic carbocycles. The van der Waals surface area contributed by atoms with Gasteiger partial charge in [-0.05, 0) is 24.3 Å². The van der Waals surface area contributed by atoms with Crippen molar-refractivity contribution in [3.05, 3.63) is 22.4 Å². The Morgan fingerprint density at radius 3 is 3.06 bits per heavy atom. The summed E-state index contributed by atoms with van der Waals surface area (Å²) in [6, 6.07) is 4.06. The van der Waals surface area contributed by atoms with Gasteiger partial charge in [0.15, 0.2) is 0 Å². The van der Waals surface area contributed by atoms with E-state index in [0.717, 1.165) is 24.3 Å². The van der Waals surface area contributed by atoms with Gasteiger partial charge in [0.1, 0.15) is 0 Å². The van der Waals surface area contributed by atoms with Crippen molar-refractivity contribution in [3.63, 3.8) is 0 Å². The molecular formula is C13H18N2O2S. The summed E-state index contributed by atoms with van der Waals surface area (Å²) < 4.78 is 0. The Morgan fingerprint density at radius 1 is 1.56 bits per heavy atom. The van der Waals surface area contributed by atoms with Crippen molar-refractivity contribution < 1.29 is 9.59 Å². The molecule has 1 fully saturated rings. The molecule has 0 aliphatic carbocycles. The number of piperidine rings is 1. The summed E-state index contributed by atoms with van der Waals surface area (Å²) in [6.07, 6.45) is 2.40. The van der Waals surface area contributed by atoms with E-state index in [-0.39, 0.29) is 17.9 Å². The summed E-state index contributed by atoms with van der Waals surface area (Å²) in [6.45, 7) is 2.97. The molecule has 1 atom stereocenters. The second kappa shape index (κ2) is 6.00. The van der Waals surface area contributed by atoms with Crippen LogP contribution in [0.3, 0.4) is 0 Å². The average Bonchev–Trinajstić information content (AvgIpc) is 2.81. The van der Waals surface area contributed by atoms with E-state index in [4.69, 9.17) is 0 Å². The van der Waals surface area contributed by atoms with Gasteiger partial charge in [0.25, 0.3) is 0 Å². The zero-order valence-corrected chi connectivity index (χ0v) is 11.3.